The lowest BCUT2D eigenvalue weighted by atomic mass is 9.95. The predicted molar refractivity (Wildman–Crippen MR) is 142 cm³/mol. The summed E-state index contributed by atoms with van der Waals surface area (Å²) in [5.74, 6) is -2.02. The van der Waals surface area contributed by atoms with Crippen LogP contribution in [0.5, 0.6) is 11.5 Å². The van der Waals surface area contributed by atoms with Gasteiger partial charge in [-0.05, 0) is 80.4 Å². The van der Waals surface area contributed by atoms with Gasteiger partial charge in [0, 0.05) is 11.3 Å². The third-order valence-corrected chi connectivity index (χ3v) is 5.96. The Morgan fingerprint density at radius 1 is 0.974 bits per heavy atom. The largest absolute Gasteiger partial charge is 0.508 e. The maximum Gasteiger partial charge on any atom is 0.338 e. The number of aliphatic hydroxyl groups is 1. The van der Waals surface area contributed by atoms with E-state index in [1.54, 1.807) is 68.4 Å². The normalized spacial score (nSPS) is 16.6. The van der Waals surface area contributed by atoms with Gasteiger partial charge in [0.1, 0.15) is 17.3 Å². The van der Waals surface area contributed by atoms with Crippen LogP contribution in [0.4, 0.5) is 5.69 Å². The van der Waals surface area contributed by atoms with Gasteiger partial charge < -0.3 is 19.7 Å². The van der Waals surface area contributed by atoms with Crippen molar-refractivity contribution >= 4 is 29.1 Å². The summed E-state index contributed by atoms with van der Waals surface area (Å²) in [5.41, 5.74) is 1.21. The first kappa shape index (κ1) is 26.5. The van der Waals surface area contributed by atoms with Crippen LogP contribution < -0.4 is 9.64 Å². The summed E-state index contributed by atoms with van der Waals surface area (Å²) in [5, 5.41) is 21.1. The van der Waals surface area contributed by atoms with Crippen LogP contribution in [0, 0.1) is 0 Å². The number of carbonyl (C=O) groups excluding carboxylic acids is 3. The lowest BCUT2D eigenvalue weighted by Crippen LogP contribution is -2.29. The molecule has 8 nitrogen and oxygen atoms in total. The molecule has 1 heterocycles. The first-order valence-corrected chi connectivity index (χ1v) is 12.4. The number of esters is 1. The minimum atomic E-state index is -1.01. The van der Waals surface area contributed by atoms with Crippen molar-refractivity contribution in [2.24, 2.45) is 0 Å². The molecule has 3 aromatic rings. The van der Waals surface area contributed by atoms with Crippen molar-refractivity contribution in [2.75, 3.05) is 11.5 Å². The molecule has 0 aromatic heterocycles. The quantitative estimate of drug-likeness (QED) is 0.179. The van der Waals surface area contributed by atoms with Crippen molar-refractivity contribution in [3.63, 3.8) is 0 Å². The van der Waals surface area contributed by atoms with E-state index < -0.39 is 23.7 Å². The molecule has 1 fully saturated rings. The van der Waals surface area contributed by atoms with Gasteiger partial charge in [-0.3, -0.25) is 14.5 Å². The topological polar surface area (TPSA) is 113 Å². The summed E-state index contributed by atoms with van der Waals surface area (Å²) >= 11 is 0. The molecule has 4 rings (SSSR count). The van der Waals surface area contributed by atoms with Crippen molar-refractivity contribution in [1.82, 2.24) is 0 Å². The average molecular weight is 516 g/mol. The van der Waals surface area contributed by atoms with Gasteiger partial charge in [0.05, 0.1) is 29.9 Å². The van der Waals surface area contributed by atoms with Crippen LogP contribution >= 0.6 is 0 Å². The summed E-state index contributed by atoms with van der Waals surface area (Å²) < 4.78 is 10.9. The molecule has 38 heavy (non-hydrogen) atoms. The number of rotatable bonds is 8. The Morgan fingerprint density at radius 2 is 1.66 bits per heavy atom. The second-order valence-electron chi connectivity index (χ2n) is 9.14. The van der Waals surface area contributed by atoms with E-state index in [9.17, 15) is 24.6 Å². The molecule has 0 radical (unpaired) electrons. The third-order valence-electron chi connectivity index (χ3n) is 5.96. The van der Waals surface area contributed by atoms with Gasteiger partial charge >= 0.3 is 5.97 Å². The fraction of sp³-hybridized carbons (Fsp3) is 0.233. The highest BCUT2D eigenvalue weighted by molar-refractivity contribution is 6.51. The van der Waals surface area contributed by atoms with Crippen LogP contribution in [0.2, 0.25) is 0 Å². The molecule has 1 aliphatic rings. The Labute approximate surface area is 220 Å². The molecular formula is C30H29NO7. The van der Waals surface area contributed by atoms with Gasteiger partial charge in [-0.25, -0.2) is 4.79 Å². The number of benzene rings is 3. The van der Waals surface area contributed by atoms with Crippen molar-refractivity contribution in [2.45, 2.75) is 39.3 Å². The second-order valence-corrected chi connectivity index (χ2v) is 9.14. The molecule has 0 spiro atoms. The van der Waals surface area contributed by atoms with Crippen molar-refractivity contribution in [1.29, 1.82) is 0 Å². The first-order valence-electron chi connectivity index (χ1n) is 12.4. The lowest BCUT2D eigenvalue weighted by molar-refractivity contribution is -0.132. The molecule has 1 aliphatic heterocycles. The van der Waals surface area contributed by atoms with Crippen LogP contribution in [0.25, 0.3) is 5.76 Å². The summed E-state index contributed by atoms with van der Waals surface area (Å²) in [6.07, 6.45) is 0.505. The molecule has 3 aromatic carbocycles. The van der Waals surface area contributed by atoms with Crippen LogP contribution in [-0.2, 0) is 14.3 Å². The highest BCUT2D eigenvalue weighted by atomic mass is 16.5. The van der Waals surface area contributed by atoms with Gasteiger partial charge in [-0.2, -0.15) is 0 Å². The van der Waals surface area contributed by atoms with E-state index in [1.165, 1.54) is 23.1 Å². The Bertz CT molecular complexity index is 1370. The Morgan fingerprint density at radius 3 is 2.29 bits per heavy atom. The van der Waals surface area contributed by atoms with Crippen LogP contribution in [0.15, 0.2) is 78.4 Å². The zero-order valence-electron chi connectivity index (χ0n) is 21.4. The number of anilines is 1. The van der Waals surface area contributed by atoms with Gasteiger partial charge in [-0.1, -0.05) is 25.1 Å². The number of hydrogen-bond donors (Lipinski definition) is 2. The smallest absolute Gasteiger partial charge is 0.338 e. The van der Waals surface area contributed by atoms with Crippen molar-refractivity contribution in [3.05, 3.63) is 95.1 Å². The van der Waals surface area contributed by atoms with E-state index in [0.29, 0.717) is 23.5 Å². The van der Waals surface area contributed by atoms with Crippen molar-refractivity contribution < 1.29 is 34.1 Å². The van der Waals surface area contributed by atoms with E-state index in [2.05, 4.69) is 0 Å². The van der Waals surface area contributed by atoms with Crippen LogP contribution in [0.3, 0.4) is 0 Å². The maximum atomic E-state index is 13.4. The molecule has 1 unspecified atom stereocenters. The van der Waals surface area contributed by atoms with E-state index in [0.717, 1.165) is 6.42 Å². The third kappa shape index (κ3) is 5.39. The molecule has 2 N–H and O–H groups in total. The summed E-state index contributed by atoms with van der Waals surface area (Å²) in [7, 11) is 0. The molecule has 0 bridgehead atoms. The number of Topliss-reactive ketones (excluding diaryl/α,β-unsaturated/α-hetero) is 1. The van der Waals surface area contributed by atoms with Crippen LogP contribution in [0.1, 0.15) is 54.7 Å². The fourth-order valence-electron chi connectivity index (χ4n) is 4.22. The van der Waals surface area contributed by atoms with E-state index in [4.69, 9.17) is 9.47 Å². The minimum Gasteiger partial charge on any atom is -0.508 e. The van der Waals surface area contributed by atoms with E-state index in [-0.39, 0.29) is 34.4 Å². The van der Waals surface area contributed by atoms with E-state index in [1.807, 2.05) is 6.92 Å². The number of nitrogens with zero attached hydrogens (tertiary/aromatic N) is 1. The van der Waals surface area contributed by atoms with Crippen LogP contribution in [-0.4, -0.2) is 40.6 Å². The predicted octanol–water partition coefficient (Wildman–Crippen LogP) is 5.37. The van der Waals surface area contributed by atoms with Gasteiger partial charge in [-0.15, -0.1) is 0 Å². The standard InChI is InChI=1S/C30H29NO7/c1-4-16-37-24-14-10-20(11-15-24)27(33)25-26(19-8-12-23(32)13-9-19)31(29(35)28(25)34)22-7-5-6-21(17-22)30(36)38-18(2)3/h5-15,17-18,26,32-33H,4,16H2,1-3H3/b27-25+. The molecule has 1 saturated heterocycles. The number of ketones is 1. The highest BCUT2D eigenvalue weighted by Crippen LogP contribution is 2.42. The first-order chi connectivity index (χ1) is 18.2. The minimum absolute atomic E-state index is 0.00629. The number of ether oxygens (including phenoxy) is 2. The molecule has 8 heteroatoms. The summed E-state index contributed by atoms with van der Waals surface area (Å²) in [4.78, 5) is 40.5. The number of phenols is 1. The zero-order valence-corrected chi connectivity index (χ0v) is 21.4. The fourth-order valence-corrected chi connectivity index (χ4v) is 4.22. The SMILES string of the molecule is CCCOc1ccc(/C(O)=C2\C(=O)C(=O)N(c3cccc(C(=O)OC(C)C)c3)C2c2ccc(O)cc2)cc1. The molecule has 196 valence electrons. The number of amides is 1. The van der Waals surface area contributed by atoms with Gasteiger partial charge in [0.15, 0.2) is 0 Å². The zero-order chi connectivity index (χ0) is 27.4. The molecule has 1 amide bonds. The van der Waals surface area contributed by atoms with Gasteiger partial charge in [0.2, 0.25) is 0 Å². The number of aromatic hydroxyl groups is 1. The Hall–Kier alpha value is -4.59. The Kier molecular flexibility index (Phi) is 7.81. The average Bonchev–Trinajstić information content (AvgIpc) is 3.17. The van der Waals surface area contributed by atoms with Crippen molar-refractivity contribution in [3.8, 4) is 11.5 Å². The number of aliphatic hydroxyl groups excluding tert-OH is 1. The van der Waals surface area contributed by atoms with E-state index >= 15 is 0 Å². The maximum absolute atomic E-state index is 13.4. The summed E-state index contributed by atoms with van der Waals surface area (Å²) in [6.45, 7) is 5.99. The Balaban J connectivity index is 1.83. The number of phenolic OH excluding ortho intramolecular Hbond substituents is 1. The van der Waals surface area contributed by atoms with Gasteiger partial charge in [0.25, 0.3) is 11.7 Å². The molecule has 0 saturated carbocycles. The molecule has 0 aliphatic carbocycles. The number of hydrogen-bond acceptors (Lipinski definition) is 7. The molecule has 1 atom stereocenters. The lowest BCUT2D eigenvalue weighted by Gasteiger charge is -2.26. The second kappa shape index (κ2) is 11.2. The monoisotopic (exact) mass is 515 g/mol. The molecular weight excluding hydrogens is 486 g/mol. The number of carbonyl (C=O) groups is 3. The summed E-state index contributed by atoms with van der Waals surface area (Å²) in [6, 6.07) is 17.8. The highest BCUT2D eigenvalue weighted by Gasteiger charge is 2.47.